The van der Waals surface area contributed by atoms with Crippen LogP contribution >= 0.6 is 0 Å². The summed E-state index contributed by atoms with van der Waals surface area (Å²) >= 11 is 0. The number of hydrogen-bond acceptors (Lipinski definition) is 4. The third-order valence-corrected chi connectivity index (χ3v) is 0.735. The monoisotopic (exact) mass is 133 g/mol. The van der Waals surface area contributed by atoms with Crippen LogP contribution in [0.3, 0.4) is 0 Å². The van der Waals surface area contributed by atoms with Gasteiger partial charge in [-0.2, -0.15) is 0 Å². The van der Waals surface area contributed by atoms with Gasteiger partial charge in [0.05, 0.1) is 12.6 Å². The van der Waals surface area contributed by atoms with Gasteiger partial charge >= 0.3 is 5.97 Å². The number of nitrogens with two attached hydrogens (primary N) is 1. The van der Waals surface area contributed by atoms with Crippen molar-refractivity contribution in [1.82, 2.24) is 0 Å². The largest absolute Gasteiger partial charge is 0.464 e. The van der Waals surface area contributed by atoms with Gasteiger partial charge in [0, 0.05) is 6.92 Å². The smallest absolute Gasteiger partial charge is 0.302 e. The van der Waals surface area contributed by atoms with Crippen LogP contribution in [-0.2, 0) is 9.53 Å². The molecular weight excluding hydrogens is 122 g/mol. The Morgan fingerprint density at radius 2 is 2.44 bits per heavy atom. The highest BCUT2D eigenvalue weighted by atomic mass is 16.5. The second kappa shape index (κ2) is 4.29. The Hall–Kier alpha value is -0.610. The molecule has 4 heteroatoms. The van der Waals surface area contributed by atoms with Crippen molar-refractivity contribution in [2.24, 2.45) is 5.73 Å². The van der Waals surface area contributed by atoms with Crippen molar-refractivity contribution in [3.63, 3.8) is 0 Å². The highest BCUT2D eigenvalue weighted by molar-refractivity contribution is 5.65. The fourth-order valence-corrected chi connectivity index (χ4v) is 0.277. The molecule has 0 saturated heterocycles. The molecule has 54 valence electrons. The van der Waals surface area contributed by atoms with E-state index in [0.29, 0.717) is 0 Å². The van der Waals surface area contributed by atoms with Crippen LogP contribution in [0.5, 0.6) is 0 Å². The van der Waals surface area contributed by atoms with Gasteiger partial charge in [-0.05, 0) is 0 Å². The van der Waals surface area contributed by atoms with Crippen molar-refractivity contribution in [3.8, 4) is 0 Å². The van der Waals surface area contributed by atoms with E-state index in [9.17, 15) is 4.79 Å². The molecule has 0 rings (SSSR count). The minimum atomic E-state index is -0.450. The average molecular weight is 133 g/mol. The summed E-state index contributed by atoms with van der Waals surface area (Å²) in [5.41, 5.74) is 5.19. The predicted octanol–water partition coefficient (Wildman–Crippen LogP) is -1.13. The lowest BCUT2D eigenvalue weighted by Crippen LogP contribution is -2.30. The van der Waals surface area contributed by atoms with E-state index in [1.165, 1.54) is 6.92 Å². The number of aliphatic hydroxyl groups excluding tert-OH is 1. The summed E-state index contributed by atoms with van der Waals surface area (Å²) in [5, 5.41) is 8.33. The van der Waals surface area contributed by atoms with Crippen LogP contribution in [0.4, 0.5) is 0 Å². The molecule has 0 aliphatic carbocycles. The number of carbonyl (C=O) groups is 1. The van der Waals surface area contributed by atoms with Gasteiger partial charge in [0.25, 0.3) is 0 Å². The molecule has 0 aliphatic heterocycles. The lowest BCUT2D eigenvalue weighted by Gasteiger charge is -2.06. The van der Waals surface area contributed by atoms with Crippen molar-refractivity contribution in [3.05, 3.63) is 0 Å². The van der Waals surface area contributed by atoms with Crippen molar-refractivity contribution < 1.29 is 14.6 Å². The summed E-state index contributed by atoms with van der Waals surface area (Å²) in [6.45, 7) is 1.23. The molecular formula is C5H11NO3. The average Bonchev–Trinajstić information content (AvgIpc) is 1.83. The zero-order chi connectivity index (χ0) is 7.28. The van der Waals surface area contributed by atoms with Crippen LogP contribution in [0.2, 0.25) is 0 Å². The summed E-state index contributed by atoms with van der Waals surface area (Å²) in [5.74, 6) is -0.376. The van der Waals surface area contributed by atoms with E-state index in [1.807, 2.05) is 0 Å². The Morgan fingerprint density at radius 3 is 2.78 bits per heavy atom. The molecule has 9 heavy (non-hydrogen) atoms. The van der Waals surface area contributed by atoms with E-state index in [1.54, 1.807) is 0 Å². The molecule has 0 spiro atoms. The molecule has 0 heterocycles. The van der Waals surface area contributed by atoms with E-state index in [-0.39, 0.29) is 19.2 Å². The first kappa shape index (κ1) is 8.39. The van der Waals surface area contributed by atoms with Crippen LogP contribution in [0.15, 0.2) is 0 Å². The Kier molecular flexibility index (Phi) is 4.00. The minimum Gasteiger partial charge on any atom is -0.464 e. The van der Waals surface area contributed by atoms with E-state index in [4.69, 9.17) is 10.8 Å². The topological polar surface area (TPSA) is 72.5 Å². The summed E-state index contributed by atoms with van der Waals surface area (Å²) in [6.07, 6.45) is 0. The molecule has 0 amide bonds. The molecule has 0 saturated carbocycles. The first-order valence-corrected chi connectivity index (χ1v) is 2.66. The van der Waals surface area contributed by atoms with Crippen LogP contribution in [0, 0.1) is 0 Å². The maximum atomic E-state index is 10.1. The summed E-state index contributed by atoms with van der Waals surface area (Å²) in [7, 11) is 0. The molecule has 1 atom stereocenters. The standard InChI is InChI=1S/C5H11NO3/c1-4(8)9-3-5(6)2-7/h5,7H,2-3,6H2,1H3/t5-/m1/s1. The van der Waals surface area contributed by atoms with Gasteiger partial charge in [0.2, 0.25) is 0 Å². The van der Waals surface area contributed by atoms with Crippen molar-refractivity contribution in [1.29, 1.82) is 0 Å². The van der Waals surface area contributed by atoms with E-state index in [0.717, 1.165) is 0 Å². The zero-order valence-electron chi connectivity index (χ0n) is 5.33. The lowest BCUT2D eigenvalue weighted by molar-refractivity contribution is -0.141. The molecule has 0 aliphatic rings. The Bertz CT molecular complexity index is 94.2. The molecule has 0 unspecified atom stereocenters. The number of hydrogen-bond donors (Lipinski definition) is 2. The Morgan fingerprint density at radius 1 is 1.89 bits per heavy atom. The quantitative estimate of drug-likeness (QED) is 0.478. The van der Waals surface area contributed by atoms with Gasteiger partial charge in [-0.3, -0.25) is 4.79 Å². The fraction of sp³-hybridized carbons (Fsp3) is 0.800. The van der Waals surface area contributed by atoms with Crippen LogP contribution in [0.1, 0.15) is 6.92 Å². The molecule has 0 aromatic heterocycles. The third kappa shape index (κ3) is 5.26. The number of esters is 1. The summed E-state index contributed by atoms with van der Waals surface area (Å²) in [4.78, 5) is 10.1. The number of aliphatic hydroxyl groups is 1. The number of ether oxygens (including phenoxy) is 1. The van der Waals surface area contributed by atoms with Crippen molar-refractivity contribution in [2.45, 2.75) is 13.0 Å². The Balaban J connectivity index is 3.16. The van der Waals surface area contributed by atoms with Gasteiger partial charge in [0.15, 0.2) is 0 Å². The van der Waals surface area contributed by atoms with Crippen LogP contribution < -0.4 is 5.73 Å². The van der Waals surface area contributed by atoms with Gasteiger partial charge in [0.1, 0.15) is 6.61 Å². The highest BCUT2D eigenvalue weighted by Gasteiger charge is 2.00. The molecule has 0 aromatic rings. The van der Waals surface area contributed by atoms with Crippen molar-refractivity contribution >= 4 is 5.97 Å². The molecule has 0 fully saturated rings. The SMILES string of the molecule is CC(=O)OC[C@H](N)CO. The van der Waals surface area contributed by atoms with Crippen molar-refractivity contribution in [2.75, 3.05) is 13.2 Å². The van der Waals surface area contributed by atoms with E-state index < -0.39 is 6.04 Å². The molecule has 4 nitrogen and oxygen atoms in total. The molecule has 0 bridgehead atoms. The second-order valence-electron chi connectivity index (χ2n) is 1.75. The normalized spacial score (nSPS) is 12.8. The summed E-state index contributed by atoms with van der Waals surface area (Å²) in [6, 6.07) is -0.450. The zero-order valence-corrected chi connectivity index (χ0v) is 5.33. The Labute approximate surface area is 53.6 Å². The van der Waals surface area contributed by atoms with Crippen LogP contribution in [0.25, 0.3) is 0 Å². The number of carbonyl (C=O) groups excluding carboxylic acids is 1. The maximum Gasteiger partial charge on any atom is 0.302 e. The third-order valence-electron chi connectivity index (χ3n) is 0.735. The van der Waals surface area contributed by atoms with Gasteiger partial charge in [-0.1, -0.05) is 0 Å². The lowest BCUT2D eigenvalue weighted by atomic mass is 10.4. The predicted molar refractivity (Wildman–Crippen MR) is 31.7 cm³/mol. The first-order chi connectivity index (χ1) is 4.16. The van der Waals surface area contributed by atoms with Gasteiger partial charge in [-0.15, -0.1) is 0 Å². The van der Waals surface area contributed by atoms with Gasteiger partial charge < -0.3 is 15.6 Å². The fourth-order valence-electron chi connectivity index (χ4n) is 0.277. The highest BCUT2D eigenvalue weighted by Crippen LogP contribution is 1.80. The molecule has 0 aromatic carbocycles. The van der Waals surface area contributed by atoms with E-state index in [2.05, 4.69) is 4.74 Å². The first-order valence-electron chi connectivity index (χ1n) is 2.66. The minimum absolute atomic E-state index is 0.0891. The molecule has 3 N–H and O–H groups in total. The summed E-state index contributed by atoms with van der Waals surface area (Å²) < 4.78 is 4.47. The molecule has 0 radical (unpaired) electrons. The number of rotatable bonds is 3. The maximum absolute atomic E-state index is 10.1. The van der Waals surface area contributed by atoms with E-state index >= 15 is 0 Å². The van der Waals surface area contributed by atoms with Gasteiger partial charge in [-0.25, -0.2) is 0 Å². The second-order valence-corrected chi connectivity index (χ2v) is 1.75. The van der Waals surface area contributed by atoms with Crippen LogP contribution in [-0.4, -0.2) is 30.3 Å².